The van der Waals surface area contributed by atoms with Gasteiger partial charge >= 0.3 is 5.97 Å². The minimum absolute atomic E-state index is 0.0395. The second-order valence-electron chi connectivity index (χ2n) is 5.43. The van der Waals surface area contributed by atoms with Crippen molar-refractivity contribution in [3.8, 4) is 0 Å². The summed E-state index contributed by atoms with van der Waals surface area (Å²) in [5.41, 5.74) is 1.98. The second-order valence-corrected chi connectivity index (χ2v) is 5.43. The molecule has 0 radical (unpaired) electrons. The summed E-state index contributed by atoms with van der Waals surface area (Å²) in [4.78, 5) is 25.3. The molecule has 0 saturated heterocycles. The van der Waals surface area contributed by atoms with Crippen LogP contribution in [0.3, 0.4) is 0 Å². The van der Waals surface area contributed by atoms with Crippen LogP contribution in [0.2, 0.25) is 0 Å². The summed E-state index contributed by atoms with van der Waals surface area (Å²) in [7, 11) is 1.79. The van der Waals surface area contributed by atoms with Gasteiger partial charge in [-0.05, 0) is 26.7 Å². The number of carboxylic acids is 1. The van der Waals surface area contributed by atoms with Crippen LogP contribution in [0.1, 0.15) is 47.4 Å². The lowest BCUT2D eigenvalue weighted by molar-refractivity contribution is -0.138. The van der Waals surface area contributed by atoms with Gasteiger partial charge in [-0.3, -0.25) is 14.3 Å². The standard InChI is InChI=1S/C14H21N3O3/c1-9-13(10(2)16(3)15-9)14(20)17(8-12(18)19)11-6-4-5-7-11/h11H,4-8H2,1-3H3,(H,18,19). The zero-order valence-corrected chi connectivity index (χ0v) is 12.2. The molecule has 0 bridgehead atoms. The Balaban J connectivity index is 2.32. The Morgan fingerprint density at radius 3 is 2.40 bits per heavy atom. The van der Waals surface area contributed by atoms with E-state index in [1.807, 2.05) is 6.92 Å². The van der Waals surface area contributed by atoms with E-state index in [-0.39, 0.29) is 18.5 Å². The normalized spacial score (nSPS) is 15.6. The van der Waals surface area contributed by atoms with Crippen molar-refractivity contribution < 1.29 is 14.7 Å². The van der Waals surface area contributed by atoms with E-state index < -0.39 is 5.97 Å². The highest BCUT2D eigenvalue weighted by Gasteiger charge is 2.31. The molecule has 1 aromatic rings. The zero-order chi connectivity index (χ0) is 14.9. The Kier molecular flexibility index (Phi) is 4.11. The average Bonchev–Trinajstić information content (AvgIpc) is 2.96. The van der Waals surface area contributed by atoms with Gasteiger partial charge in [-0.2, -0.15) is 5.10 Å². The molecule has 0 unspecified atom stereocenters. The second kappa shape index (κ2) is 5.64. The number of carboxylic acid groups (broad SMARTS) is 1. The maximum Gasteiger partial charge on any atom is 0.323 e. The minimum atomic E-state index is -0.968. The summed E-state index contributed by atoms with van der Waals surface area (Å²) >= 11 is 0. The fraction of sp³-hybridized carbons (Fsp3) is 0.643. The van der Waals surface area contributed by atoms with Crippen LogP contribution in [-0.4, -0.2) is 44.3 Å². The number of aliphatic carboxylic acids is 1. The van der Waals surface area contributed by atoms with E-state index in [1.54, 1.807) is 18.7 Å². The van der Waals surface area contributed by atoms with Crippen LogP contribution in [0.15, 0.2) is 0 Å². The molecule has 0 atom stereocenters. The topological polar surface area (TPSA) is 75.4 Å². The largest absolute Gasteiger partial charge is 0.480 e. The fourth-order valence-electron chi connectivity index (χ4n) is 2.96. The van der Waals surface area contributed by atoms with E-state index in [1.165, 1.54) is 4.90 Å². The smallest absolute Gasteiger partial charge is 0.323 e. The van der Waals surface area contributed by atoms with Crippen LogP contribution in [0.25, 0.3) is 0 Å². The first-order valence-electron chi connectivity index (χ1n) is 6.94. The molecule has 110 valence electrons. The van der Waals surface area contributed by atoms with Gasteiger partial charge in [-0.1, -0.05) is 12.8 Å². The summed E-state index contributed by atoms with van der Waals surface area (Å²) in [5.74, 6) is -1.17. The van der Waals surface area contributed by atoms with Crippen LogP contribution in [0.4, 0.5) is 0 Å². The number of amides is 1. The molecule has 1 amide bonds. The van der Waals surface area contributed by atoms with E-state index in [0.717, 1.165) is 31.4 Å². The highest BCUT2D eigenvalue weighted by Crippen LogP contribution is 2.26. The molecule has 1 saturated carbocycles. The SMILES string of the molecule is Cc1nn(C)c(C)c1C(=O)N(CC(=O)O)C1CCCC1. The van der Waals surface area contributed by atoms with Crippen LogP contribution in [0.5, 0.6) is 0 Å². The van der Waals surface area contributed by atoms with Gasteiger partial charge in [0.25, 0.3) is 5.91 Å². The first-order valence-corrected chi connectivity index (χ1v) is 6.94. The zero-order valence-electron chi connectivity index (χ0n) is 12.2. The van der Waals surface area contributed by atoms with Gasteiger partial charge in [0.2, 0.25) is 0 Å². The monoisotopic (exact) mass is 279 g/mol. The Morgan fingerprint density at radius 2 is 1.95 bits per heavy atom. The molecule has 1 aliphatic carbocycles. The molecule has 0 aromatic carbocycles. The quantitative estimate of drug-likeness (QED) is 0.906. The van der Waals surface area contributed by atoms with E-state index in [0.29, 0.717) is 11.3 Å². The van der Waals surface area contributed by atoms with Crippen molar-refractivity contribution in [3.63, 3.8) is 0 Å². The van der Waals surface area contributed by atoms with Crippen molar-refractivity contribution in [1.82, 2.24) is 14.7 Å². The summed E-state index contributed by atoms with van der Waals surface area (Å²) in [6, 6.07) is 0.0395. The third-order valence-corrected chi connectivity index (χ3v) is 4.05. The number of rotatable bonds is 4. The number of nitrogens with zero attached hydrogens (tertiary/aromatic N) is 3. The molecule has 1 heterocycles. The maximum absolute atomic E-state index is 12.7. The van der Waals surface area contributed by atoms with Crippen molar-refractivity contribution >= 4 is 11.9 Å². The predicted molar refractivity (Wildman–Crippen MR) is 73.6 cm³/mol. The summed E-state index contributed by atoms with van der Waals surface area (Å²) in [6.45, 7) is 3.38. The number of aryl methyl sites for hydroxylation is 2. The van der Waals surface area contributed by atoms with E-state index >= 15 is 0 Å². The lowest BCUT2D eigenvalue weighted by atomic mass is 10.1. The molecular formula is C14H21N3O3. The number of hydrogen-bond acceptors (Lipinski definition) is 3. The molecule has 6 nitrogen and oxygen atoms in total. The van der Waals surface area contributed by atoms with E-state index in [4.69, 9.17) is 5.11 Å². The minimum Gasteiger partial charge on any atom is -0.480 e. The fourth-order valence-corrected chi connectivity index (χ4v) is 2.96. The lowest BCUT2D eigenvalue weighted by Crippen LogP contribution is -2.42. The molecule has 0 spiro atoms. The van der Waals surface area contributed by atoms with Crippen molar-refractivity contribution in [1.29, 1.82) is 0 Å². The molecule has 1 fully saturated rings. The molecule has 1 N–H and O–H groups in total. The van der Waals surface area contributed by atoms with Gasteiger partial charge in [0.15, 0.2) is 0 Å². The summed E-state index contributed by atoms with van der Waals surface area (Å²) in [5, 5.41) is 13.3. The Morgan fingerprint density at radius 1 is 1.35 bits per heavy atom. The van der Waals surface area contributed by atoms with Crippen LogP contribution in [-0.2, 0) is 11.8 Å². The van der Waals surface area contributed by atoms with E-state index in [2.05, 4.69) is 5.10 Å². The lowest BCUT2D eigenvalue weighted by Gasteiger charge is -2.27. The van der Waals surface area contributed by atoms with Gasteiger partial charge in [-0.15, -0.1) is 0 Å². The molecule has 1 aromatic heterocycles. The van der Waals surface area contributed by atoms with Crippen molar-refractivity contribution in [2.24, 2.45) is 7.05 Å². The molecule has 1 aliphatic rings. The number of aromatic nitrogens is 2. The number of carbonyl (C=O) groups is 2. The molecular weight excluding hydrogens is 258 g/mol. The van der Waals surface area contributed by atoms with Gasteiger partial charge in [-0.25, -0.2) is 0 Å². The van der Waals surface area contributed by atoms with E-state index in [9.17, 15) is 9.59 Å². The van der Waals surface area contributed by atoms with Crippen molar-refractivity contribution in [3.05, 3.63) is 17.0 Å². The molecule has 2 rings (SSSR count). The third-order valence-electron chi connectivity index (χ3n) is 4.05. The summed E-state index contributed by atoms with van der Waals surface area (Å²) < 4.78 is 1.66. The first-order chi connectivity index (χ1) is 9.41. The van der Waals surface area contributed by atoms with Gasteiger partial charge in [0.05, 0.1) is 11.3 Å². The molecule has 20 heavy (non-hydrogen) atoms. The van der Waals surface area contributed by atoms with Gasteiger partial charge < -0.3 is 10.0 Å². The van der Waals surface area contributed by atoms with Crippen LogP contribution >= 0.6 is 0 Å². The molecule has 0 aliphatic heterocycles. The van der Waals surface area contributed by atoms with Gasteiger partial charge in [0.1, 0.15) is 6.54 Å². The highest BCUT2D eigenvalue weighted by atomic mass is 16.4. The van der Waals surface area contributed by atoms with Crippen molar-refractivity contribution in [2.45, 2.75) is 45.6 Å². The predicted octanol–water partition coefficient (Wildman–Crippen LogP) is 1.51. The number of hydrogen-bond donors (Lipinski definition) is 1. The van der Waals surface area contributed by atoms with Crippen LogP contribution < -0.4 is 0 Å². The molecule has 6 heteroatoms. The number of carbonyl (C=O) groups excluding carboxylic acids is 1. The maximum atomic E-state index is 12.7. The third kappa shape index (κ3) is 2.69. The summed E-state index contributed by atoms with van der Waals surface area (Å²) in [6.07, 6.45) is 3.88. The van der Waals surface area contributed by atoms with Crippen molar-refractivity contribution in [2.75, 3.05) is 6.54 Å². The Hall–Kier alpha value is -1.85. The highest BCUT2D eigenvalue weighted by molar-refractivity contribution is 5.98. The van der Waals surface area contributed by atoms with Gasteiger partial charge in [0, 0.05) is 18.8 Å². The van der Waals surface area contributed by atoms with Crippen LogP contribution in [0, 0.1) is 13.8 Å². The first kappa shape index (κ1) is 14.6. The Bertz CT molecular complexity index is 530. The Labute approximate surface area is 118 Å². The average molecular weight is 279 g/mol.